The van der Waals surface area contributed by atoms with Crippen LogP contribution < -0.4 is 0 Å². The summed E-state index contributed by atoms with van der Waals surface area (Å²) in [5, 5.41) is 17.8. The number of hydrogen-bond donors (Lipinski definition) is 1. The van der Waals surface area contributed by atoms with Crippen molar-refractivity contribution in [2.24, 2.45) is 0 Å². The molecule has 3 aromatic rings. The van der Waals surface area contributed by atoms with E-state index in [-0.39, 0.29) is 0 Å². The van der Waals surface area contributed by atoms with Crippen LogP contribution in [0.3, 0.4) is 0 Å². The van der Waals surface area contributed by atoms with Crippen molar-refractivity contribution in [1.29, 1.82) is 0 Å². The minimum atomic E-state index is 0.864. The predicted molar refractivity (Wildman–Crippen MR) is 75.3 cm³/mol. The fourth-order valence-electron chi connectivity index (χ4n) is 2.06. The first-order valence-corrected chi connectivity index (χ1v) is 6.01. The van der Waals surface area contributed by atoms with Gasteiger partial charge in [-0.3, -0.25) is 0 Å². The van der Waals surface area contributed by atoms with Crippen molar-refractivity contribution >= 4 is 17.1 Å². The zero-order valence-corrected chi connectivity index (χ0v) is 10.5. The lowest BCUT2D eigenvalue weighted by atomic mass is 10.1. The molecule has 0 aliphatic heterocycles. The van der Waals surface area contributed by atoms with Gasteiger partial charge in [-0.2, -0.15) is 4.80 Å². The molecule has 0 bridgehead atoms. The summed E-state index contributed by atoms with van der Waals surface area (Å²) in [7, 11) is 0. The van der Waals surface area contributed by atoms with Gasteiger partial charge in [-0.15, -0.1) is 10.2 Å². The summed E-state index contributed by atoms with van der Waals surface area (Å²) in [6.45, 7) is 2.00. The van der Waals surface area contributed by atoms with Crippen LogP contribution in [-0.2, 0) is 0 Å². The fourth-order valence-corrected chi connectivity index (χ4v) is 2.06. The molecule has 0 aliphatic rings. The van der Waals surface area contributed by atoms with E-state index in [0.717, 1.165) is 34.1 Å². The molecule has 0 atom stereocenters. The van der Waals surface area contributed by atoms with E-state index in [1.54, 1.807) is 10.9 Å². The van der Waals surface area contributed by atoms with E-state index in [0.29, 0.717) is 0 Å². The average Bonchev–Trinajstić information content (AvgIpc) is 2.82. The first kappa shape index (κ1) is 11.5. The van der Waals surface area contributed by atoms with Gasteiger partial charge < -0.3 is 5.11 Å². The molecule has 0 unspecified atom stereocenters. The molecule has 0 radical (unpaired) electrons. The normalized spacial score (nSPS) is 11.4. The van der Waals surface area contributed by atoms with Gasteiger partial charge in [0.25, 0.3) is 0 Å². The zero-order chi connectivity index (χ0) is 13.2. The lowest BCUT2D eigenvalue weighted by Gasteiger charge is -2.03. The molecule has 94 valence electrons. The van der Waals surface area contributed by atoms with Gasteiger partial charge in [-0.25, -0.2) is 0 Å². The lowest BCUT2D eigenvalue weighted by molar-refractivity contribution is 0.478. The maximum absolute atomic E-state index is 8.87. The second-order valence-corrected chi connectivity index (χ2v) is 4.40. The van der Waals surface area contributed by atoms with Crippen LogP contribution in [0.4, 0.5) is 0 Å². The molecule has 0 amide bonds. The summed E-state index contributed by atoms with van der Waals surface area (Å²) >= 11 is 0. The van der Waals surface area contributed by atoms with Crippen molar-refractivity contribution in [1.82, 2.24) is 15.0 Å². The van der Waals surface area contributed by atoms with Crippen LogP contribution in [-0.4, -0.2) is 20.1 Å². The van der Waals surface area contributed by atoms with Crippen LogP contribution in [0.25, 0.3) is 22.8 Å². The van der Waals surface area contributed by atoms with Crippen LogP contribution in [0.1, 0.15) is 11.1 Å². The number of aliphatic hydroxyl groups excluding tert-OH is 1. The van der Waals surface area contributed by atoms with Gasteiger partial charge in [0.15, 0.2) is 0 Å². The number of aromatic nitrogens is 3. The lowest BCUT2D eigenvalue weighted by Crippen LogP contribution is -1.99. The van der Waals surface area contributed by atoms with Crippen molar-refractivity contribution in [2.45, 2.75) is 6.92 Å². The van der Waals surface area contributed by atoms with Gasteiger partial charge in [-0.1, -0.05) is 18.2 Å². The van der Waals surface area contributed by atoms with Crippen LogP contribution in [0.2, 0.25) is 0 Å². The second-order valence-electron chi connectivity index (χ2n) is 4.40. The molecular formula is C15H13N3O. The van der Waals surface area contributed by atoms with E-state index < -0.39 is 0 Å². The van der Waals surface area contributed by atoms with E-state index in [9.17, 15) is 0 Å². The van der Waals surface area contributed by atoms with E-state index in [2.05, 4.69) is 10.2 Å². The number of rotatable bonds is 2. The van der Waals surface area contributed by atoms with Crippen molar-refractivity contribution in [3.05, 3.63) is 59.9 Å². The summed E-state index contributed by atoms with van der Waals surface area (Å²) in [4.78, 5) is 1.62. The fraction of sp³-hybridized carbons (Fsp3) is 0.0667. The number of aryl methyl sites for hydroxylation is 1. The highest BCUT2D eigenvalue weighted by molar-refractivity contribution is 5.73. The molecule has 0 fully saturated rings. The van der Waals surface area contributed by atoms with E-state index in [1.165, 1.54) is 0 Å². The Labute approximate surface area is 110 Å². The number of fused-ring (bicyclic) bond motifs is 1. The Morgan fingerprint density at radius 1 is 1.05 bits per heavy atom. The largest absolute Gasteiger partial charge is 0.516 e. The summed E-state index contributed by atoms with van der Waals surface area (Å²) in [5.41, 5.74) is 4.61. The molecule has 1 aromatic heterocycles. The quantitative estimate of drug-likeness (QED) is 0.711. The smallest absolute Gasteiger partial charge is 0.113 e. The Kier molecular flexibility index (Phi) is 2.76. The number of nitrogens with zero attached hydrogens (tertiary/aromatic N) is 3. The summed E-state index contributed by atoms with van der Waals surface area (Å²) in [5.74, 6) is 0. The van der Waals surface area contributed by atoms with Gasteiger partial charge in [-0.05, 0) is 48.4 Å². The maximum Gasteiger partial charge on any atom is 0.113 e. The number of hydrogen-bond acceptors (Lipinski definition) is 3. The van der Waals surface area contributed by atoms with E-state index in [4.69, 9.17) is 5.11 Å². The molecule has 4 heteroatoms. The highest BCUT2D eigenvalue weighted by Gasteiger charge is 2.05. The van der Waals surface area contributed by atoms with Crippen molar-refractivity contribution in [2.75, 3.05) is 0 Å². The van der Waals surface area contributed by atoms with E-state index in [1.807, 2.05) is 49.4 Å². The molecule has 0 saturated heterocycles. The molecule has 2 aromatic carbocycles. The molecule has 1 heterocycles. The Hall–Kier alpha value is -2.62. The summed E-state index contributed by atoms with van der Waals surface area (Å²) in [6, 6.07) is 13.7. The molecule has 1 N–H and O–H groups in total. The van der Waals surface area contributed by atoms with Crippen molar-refractivity contribution in [3.8, 4) is 5.69 Å². The molecular weight excluding hydrogens is 238 g/mol. The third-order valence-electron chi connectivity index (χ3n) is 2.87. The minimum Gasteiger partial charge on any atom is -0.516 e. The van der Waals surface area contributed by atoms with Gasteiger partial charge in [0, 0.05) is 0 Å². The summed E-state index contributed by atoms with van der Waals surface area (Å²) < 4.78 is 0. The highest BCUT2D eigenvalue weighted by atomic mass is 16.2. The minimum absolute atomic E-state index is 0.864. The van der Waals surface area contributed by atoms with Crippen molar-refractivity contribution in [3.63, 3.8) is 0 Å². The van der Waals surface area contributed by atoms with Crippen molar-refractivity contribution < 1.29 is 5.11 Å². The second kappa shape index (κ2) is 4.57. The SMILES string of the molecule is Cc1cc(C=CO)cc(-n2nc3ccccc3n2)c1. The Balaban J connectivity index is 2.15. The third-order valence-corrected chi connectivity index (χ3v) is 2.87. The Bertz CT molecular complexity index is 726. The predicted octanol–water partition coefficient (Wildman–Crippen LogP) is 3.26. The maximum atomic E-state index is 8.87. The molecule has 3 rings (SSSR count). The van der Waals surface area contributed by atoms with Crippen LogP contribution in [0.5, 0.6) is 0 Å². The topological polar surface area (TPSA) is 50.9 Å². The molecule has 4 nitrogen and oxygen atoms in total. The van der Waals surface area contributed by atoms with Gasteiger partial charge in [0.05, 0.1) is 11.9 Å². The standard InChI is InChI=1S/C15H13N3O/c1-11-8-12(6-7-19)10-13(9-11)18-16-14-4-2-3-5-15(14)17-18/h2-10,19H,1H3. The molecule has 0 aliphatic carbocycles. The highest BCUT2D eigenvalue weighted by Crippen LogP contribution is 2.16. The van der Waals surface area contributed by atoms with E-state index >= 15 is 0 Å². The summed E-state index contributed by atoms with van der Waals surface area (Å²) in [6.07, 6.45) is 2.67. The van der Waals surface area contributed by atoms with Crippen LogP contribution in [0.15, 0.2) is 48.7 Å². The van der Waals surface area contributed by atoms with Gasteiger partial charge >= 0.3 is 0 Å². The van der Waals surface area contributed by atoms with Crippen LogP contribution >= 0.6 is 0 Å². The zero-order valence-electron chi connectivity index (χ0n) is 10.5. The Morgan fingerprint density at radius 3 is 2.37 bits per heavy atom. The first-order valence-electron chi connectivity index (χ1n) is 6.01. The monoisotopic (exact) mass is 251 g/mol. The average molecular weight is 251 g/mol. The third kappa shape index (κ3) is 2.20. The molecule has 0 saturated carbocycles. The Morgan fingerprint density at radius 2 is 1.74 bits per heavy atom. The van der Waals surface area contributed by atoms with Crippen LogP contribution in [0, 0.1) is 6.92 Å². The molecule has 19 heavy (non-hydrogen) atoms. The van der Waals surface area contributed by atoms with Gasteiger partial charge in [0.2, 0.25) is 0 Å². The molecule has 0 spiro atoms. The number of aliphatic hydroxyl groups is 1. The first-order chi connectivity index (χ1) is 9.26. The number of benzene rings is 2. The van der Waals surface area contributed by atoms with Gasteiger partial charge in [0.1, 0.15) is 11.0 Å².